The van der Waals surface area contributed by atoms with Gasteiger partial charge in [0.25, 0.3) is 0 Å². The number of fused-ring (bicyclic) bond motifs is 1. The summed E-state index contributed by atoms with van der Waals surface area (Å²) in [4.78, 5) is 21.7. The summed E-state index contributed by atoms with van der Waals surface area (Å²) in [5.41, 5.74) is 3.38. The summed E-state index contributed by atoms with van der Waals surface area (Å²) >= 11 is 0. The quantitative estimate of drug-likeness (QED) is 0.296. The number of hydrogen-bond donors (Lipinski definition) is 1. The first kappa shape index (κ1) is 29.0. The van der Waals surface area contributed by atoms with Gasteiger partial charge in [0.2, 0.25) is 11.9 Å². The normalized spacial score (nSPS) is 14.5. The summed E-state index contributed by atoms with van der Waals surface area (Å²) in [6.45, 7) is 5.23. The fraction of sp³-hybridized carbons (Fsp3) is 0.258. The third-order valence-electron chi connectivity index (χ3n) is 7.74. The Bertz CT molecular complexity index is 1890. The molecule has 0 aliphatic carbocycles. The van der Waals surface area contributed by atoms with E-state index in [2.05, 4.69) is 31.5 Å². The molecule has 0 bridgehead atoms. The molecule has 3 aromatic heterocycles. The fourth-order valence-electron chi connectivity index (χ4n) is 5.38. The van der Waals surface area contributed by atoms with E-state index in [0.29, 0.717) is 44.8 Å². The van der Waals surface area contributed by atoms with E-state index in [0.717, 1.165) is 38.3 Å². The molecule has 0 atom stereocenters. The molecule has 2 aromatic carbocycles. The second-order valence-corrected chi connectivity index (χ2v) is 10.7. The number of halogens is 3. The molecule has 4 heterocycles. The second kappa shape index (κ2) is 11.6. The number of benzene rings is 2. The monoisotopic (exact) mass is 601 g/mol. The molecule has 226 valence electrons. The van der Waals surface area contributed by atoms with Crippen LogP contribution in [0.5, 0.6) is 0 Å². The first-order chi connectivity index (χ1) is 21.1. The highest BCUT2D eigenvalue weighted by Crippen LogP contribution is 2.38. The van der Waals surface area contributed by atoms with Gasteiger partial charge >= 0.3 is 6.18 Å². The van der Waals surface area contributed by atoms with Gasteiger partial charge in [0.1, 0.15) is 0 Å². The highest BCUT2D eigenvalue weighted by Gasteiger charge is 2.31. The Morgan fingerprint density at radius 2 is 1.84 bits per heavy atom. The summed E-state index contributed by atoms with van der Waals surface area (Å²) in [5.74, 6) is -0.226. The van der Waals surface area contributed by atoms with Crippen LogP contribution in [-0.4, -0.2) is 79.9 Å². The summed E-state index contributed by atoms with van der Waals surface area (Å²) < 4.78 is 44.4. The van der Waals surface area contributed by atoms with Crippen molar-refractivity contribution in [1.82, 2.24) is 34.2 Å². The van der Waals surface area contributed by atoms with Crippen LogP contribution in [0.15, 0.2) is 67.0 Å². The number of anilines is 1. The lowest BCUT2D eigenvalue weighted by Crippen LogP contribution is -2.47. The van der Waals surface area contributed by atoms with E-state index in [4.69, 9.17) is 0 Å². The molecule has 1 fully saturated rings. The highest BCUT2D eigenvalue weighted by molar-refractivity contribution is 5.92. The van der Waals surface area contributed by atoms with Crippen LogP contribution in [0.2, 0.25) is 0 Å². The van der Waals surface area contributed by atoms with Crippen molar-refractivity contribution < 1.29 is 19.4 Å². The predicted molar refractivity (Wildman–Crippen MR) is 160 cm³/mol. The van der Waals surface area contributed by atoms with Crippen molar-refractivity contribution >= 4 is 17.5 Å². The second-order valence-electron chi connectivity index (χ2n) is 10.7. The van der Waals surface area contributed by atoms with Crippen LogP contribution in [0, 0.1) is 18.3 Å². The highest BCUT2D eigenvalue weighted by atomic mass is 19.4. The maximum Gasteiger partial charge on any atom is 0.416 e. The lowest BCUT2D eigenvalue weighted by atomic mass is 9.95. The number of aromatic nitrogens is 5. The van der Waals surface area contributed by atoms with Crippen LogP contribution in [0.4, 0.5) is 19.1 Å². The molecular formula is C31H30F3N9O. The molecule has 1 aliphatic heterocycles. The molecule has 1 amide bonds. The first-order valence-electron chi connectivity index (χ1n) is 13.9. The van der Waals surface area contributed by atoms with Crippen LogP contribution in [0.1, 0.15) is 18.1 Å². The standard InChI is InChI=1S/C31H28F3N9O.H2/c1-20-25(26-10-11-36-43(26)24-8-6-21(17-35)7-9-24)18-42-29(28(20)22-4-3-5-23(16-22)31(32,33)34)38-30(39-42)37-27(44)19-41-14-12-40(2)13-15-41;/h3-11,16,18H,12-15,19H2,1-2H3,(H,37,39,44);1H. The first-order valence-corrected chi connectivity index (χ1v) is 13.9. The molecule has 1 N–H and O–H groups in total. The van der Waals surface area contributed by atoms with Gasteiger partial charge in [-0.3, -0.25) is 15.0 Å². The Balaban J connectivity index is 0.00000400. The SMILES string of the molecule is Cc1c(-c2ccnn2-c2ccc(C#N)cc2)cn2nc(NC(=O)CN3CCN(C)CC3)nc2c1-c1cccc(C(F)(F)F)c1.[HH]. The number of nitrogens with zero attached hydrogens (tertiary/aromatic N) is 8. The van der Waals surface area contributed by atoms with Gasteiger partial charge in [-0.15, -0.1) is 5.10 Å². The van der Waals surface area contributed by atoms with Crippen LogP contribution < -0.4 is 5.32 Å². The van der Waals surface area contributed by atoms with E-state index in [9.17, 15) is 23.2 Å². The third kappa shape index (κ3) is 5.77. The maximum atomic E-state index is 13.7. The van der Waals surface area contributed by atoms with Crippen molar-refractivity contribution in [3.63, 3.8) is 0 Å². The minimum atomic E-state index is -4.54. The van der Waals surface area contributed by atoms with E-state index in [1.807, 2.05) is 11.9 Å². The Kier molecular flexibility index (Phi) is 7.62. The summed E-state index contributed by atoms with van der Waals surface area (Å²) in [5, 5.41) is 20.9. The lowest BCUT2D eigenvalue weighted by molar-refractivity contribution is -0.137. The number of piperazine rings is 1. The molecule has 1 saturated heterocycles. The zero-order valence-electron chi connectivity index (χ0n) is 24.0. The molecule has 1 aliphatic rings. The van der Waals surface area contributed by atoms with Gasteiger partial charge in [-0.25, -0.2) is 9.20 Å². The van der Waals surface area contributed by atoms with Crippen molar-refractivity contribution in [3.05, 3.63) is 83.7 Å². The number of alkyl halides is 3. The number of carbonyl (C=O) groups excluding carboxylic acids is 1. The van der Waals surface area contributed by atoms with Gasteiger partial charge in [-0.2, -0.15) is 28.5 Å². The Morgan fingerprint density at radius 1 is 1.09 bits per heavy atom. The topological polar surface area (TPSA) is 107 Å². The summed E-state index contributed by atoms with van der Waals surface area (Å²) in [6.07, 6.45) is -1.20. The predicted octanol–water partition coefficient (Wildman–Crippen LogP) is 4.88. The Morgan fingerprint density at radius 3 is 2.55 bits per heavy atom. The molecular weight excluding hydrogens is 571 g/mol. The maximum absolute atomic E-state index is 13.7. The largest absolute Gasteiger partial charge is 0.416 e. The van der Waals surface area contributed by atoms with Gasteiger partial charge < -0.3 is 4.90 Å². The molecule has 0 saturated carbocycles. The van der Waals surface area contributed by atoms with Gasteiger partial charge in [0.05, 0.1) is 41.3 Å². The fourth-order valence-corrected chi connectivity index (χ4v) is 5.38. The number of likely N-dealkylation sites (N-methyl/N-ethyl adjacent to an activating group) is 1. The van der Waals surface area contributed by atoms with E-state index in [-0.39, 0.29) is 19.8 Å². The van der Waals surface area contributed by atoms with Gasteiger partial charge in [-0.05, 0) is 67.6 Å². The molecule has 10 nitrogen and oxygen atoms in total. The average molecular weight is 602 g/mol. The van der Waals surface area contributed by atoms with E-state index < -0.39 is 11.7 Å². The average Bonchev–Trinajstić information content (AvgIpc) is 3.64. The molecule has 6 rings (SSSR count). The summed E-state index contributed by atoms with van der Waals surface area (Å²) in [6, 6.07) is 15.8. The summed E-state index contributed by atoms with van der Waals surface area (Å²) in [7, 11) is 2.04. The smallest absolute Gasteiger partial charge is 0.304 e. The lowest BCUT2D eigenvalue weighted by Gasteiger charge is -2.31. The molecule has 0 spiro atoms. The zero-order chi connectivity index (χ0) is 31.0. The number of nitriles is 1. The number of hydrogen-bond acceptors (Lipinski definition) is 7. The van der Waals surface area contributed by atoms with Crippen molar-refractivity contribution in [2.45, 2.75) is 13.1 Å². The Labute approximate surface area is 252 Å². The molecule has 0 unspecified atom stereocenters. The number of pyridine rings is 1. The van der Waals surface area contributed by atoms with Gasteiger partial charge in [0.15, 0.2) is 5.65 Å². The van der Waals surface area contributed by atoms with Crippen molar-refractivity contribution in [3.8, 4) is 34.1 Å². The van der Waals surface area contributed by atoms with Crippen molar-refractivity contribution in [1.29, 1.82) is 5.26 Å². The van der Waals surface area contributed by atoms with E-state index in [1.165, 1.54) is 10.6 Å². The molecule has 13 heteroatoms. The number of amides is 1. The van der Waals surface area contributed by atoms with Gasteiger partial charge in [0, 0.05) is 44.9 Å². The molecule has 0 radical (unpaired) electrons. The minimum Gasteiger partial charge on any atom is -0.304 e. The molecule has 5 aromatic rings. The van der Waals surface area contributed by atoms with Crippen LogP contribution in [0.25, 0.3) is 33.7 Å². The number of nitrogens with one attached hydrogen (secondary N) is 1. The van der Waals surface area contributed by atoms with Crippen molar-refractivity contribution in [2.24, 2.45) is 0 Å². The van der Waals surface area contributed by atoms with Crippen LogP contribution >= 0.6 is 0 Å². The van der Waals surface area contributed by atoms with Crippen LogP contribution in [-0.2, 0) is 11.0 Å². The van der Waals surface area contributed by atoms with Gasteiger partial charge in [-0.1, -0.05) is 12.1 Å². The van der Waals surface area contributed by atoms with Crippen LogP contribution in [0.3, 0.4) is 0 Å². The zero-order valence-corrected chi connectivity index (χ0v) is 24.0. The van der Waals surface area contributed by atoms with E-state index in [1.54, 1.807) is 60.4 Å². The molecule has 44 heavy (non-hydrogen) atoms. The Hall–Kier alpha value is -5.06. The van der Waals surface area contributed by atoms with Crippen molar-refractivity contribution in [2.75, 3.05) is 45.1 Å². The number of rotatable bonds is 6. The third-order valence-corrected chi connectivity index (χ3v) is 7.74. The number of carbonyl (C=O) groups is 1. The van der Waals surface area contributed by atoms with E-state index >= 15 is 0 Å². The minimum absolute atomic E-state index is 0.